The number of rotatable bonds is 41. The second kappa shape index (κ2) is 42.0. The van der Waals surface area contributed by atoms with Crippen molar-refractivity contribution in [1.29, 1.82) is 0 Å². The van der Waals surface area contributed by atoms with Crippen LogP contribution in [0.25, 0.3) is 0 Å². The Morgan fingerprint density at radius 3 is 1.36 bits per heavy atom. The first-order valence-corrected chi connectivity index (χ1v) is 26.9. The molecule has 14 heteroatoms. The fourth-order valence-corrected chi connectivity index (χ4v) is 8.16. The van der Waals surface area contributed by atoms with Gasteiger partial charge in [-0.25, -0.2) is 4.57 Å². The van der Waals surface area contributed by atoms with E-state index in [1.54, 1.807) is 0 Å². The van der Waals surface area contributed by atoms with Crippen LogP contribution in [0.4, 0.5) is 0 Å². The van der Waals surface area contributed by atoms with Crippen molar-refractivity contribution in [2.24, 2.45) is 0 Å². The molecule has 1 fully saturated rings. The zero-order chi connectivity index (χ0) is 49.2. The van der Waals surface area contributed by atoms with Gasteiger partial charge in [0.2, 0.25) is 0 Å². The van der Waals surface area contributed by atoms with E-state index in [-0.39, 0.29) is 12.8 Å². The van der Waals surface area contributed by atoms with Gasteiger partial charge in [0.25, 0.3) is 0 Å². The Morgan fingerprint density at radius 2 is 0.881 bits per heavy atom. The molecule has 0 aromatic heterocycles. The van der Waals surface area contributed by atoms with E-state index >= 15 is 0 Å². The molecule has 0 saturated heterocycles. The summed E-state index contributed by atoms with van der Waals surface area (Å²) in [5.41, 5.74) is 0. The Labute approximate surface area is 403 Å². The van der Waals surface area contributed by atoms with E-state index in [0.717, 1.165) is 64.2 Å². The molecule has 0 aromatic carbocycles. The summed E-state index contributed by atoms with van der Waals surface area (Å²) in [5, 5.41) is 50.2. The Balaban J connectivity index is 2.47. The van der Waals surface area contributed by atoms with Gasteiger partial charge in [-0.05, 0) is 77.0 Å². The SMILES string of the molecule is CC/C=C/C/C=C/C/C=C/C/C=C/C/C=C/C/C=C/CCC(=O)O[C@@H](COC(=O)CCCCCCCCCCC/C=C/CCCCCCCC)COP(=O)(O)OC1C(O)C(O)C(O)[C@H](O)C1O. The molecule has 0 aromatic rings. The normalized spacial score (nSPS) is 21.9. The van der Waals surface area contributed by atoms with Crippen LogP contribution in [0.2, 0.25) is 0 Å². The summed E-state index contributed by atoms with van der Waals surface area (Å²) in [6.45, 7) is 3.13. The van der Waals surface area contributed by atoms with Crippen LogP contribution in [0.5, 0.6) is 0 Å². The Kier molecular flexibility index (Phi) is 38.9. The lowest BCUT2D eigenvalue weighted by molar-refractivity contribution is -0.220. The van der Waals surface area contributed by atoms with Crippen LogP contribution in [0.1, 0.15) is 181 Å². The summed E-state index contributed by atoms with van der Waals surface area (Å²) in [6.07, 6.45) is 42.1. The average molecular weight is 965 g/mol. The molecule has 384 valence electrons. The fourth-order valence-electron chi connectivity index (χ4n) is 7.19. The van der Waals surface area contributed by atoms with Crippen LogP contribution in [0.15, 0.2) is 85.1 Å². The molecule has 8 atom stereocenters. The third-order valence-electron chi connectivity index (χ3n) is 11.2. The highest BCUT2D eigenvalue weighted by molar-refractivity contribution is 7.47. The van der Waals surface area contributed by atoms with Crippen LogP contribution in [-0.2, 0) is 32.7 Å². The van der Waals surface area contributed by atoms with Crippen LogP contribution < -0.4 is 0 Å². The summed E-state index contributed by atoms with van der Waals surface area (Å²) >= 11 is 0. The molecule has 0 radical (unpaired) electrons. The van der Waals surface area contributed by atoms with Crippen molar-refractivity contribution in [2.45, 2.75) is 224 Å². The monoisotopic (exact) mass is 965 g/mol. The second-order valence-corrected chi connectivity index (χ2v) is 18.7. The first-order chi connectivity index (χ1) is 32.4. The number of carbonyl (C=O) groups is 2. The van der Waals surface area contributed by atoms with Crippen molar-refractivity contribution in [1.82, 2.24) is 0 Å². The number of allylic oxidation sites excluding steroid dienone is 14. The van der Waals surface area contributed by atoms with E-state index in [4.69, 9.17) is 18.5 Å². The third kappa shape index (κ3) is 34.1. The zero-order valence-electron chi connectivity index (χ0n) is 40.9. The van der Waals surface area contributed by atoms with Gasteiger partial charge >= 0.3 is 19.8 Å². The molecule has 1 saturated carbocycles. The summed E-state index contributed by atoms with van der Waals surface area (Å²) in [5.74, 6) is -1.20. The smallest absolute Gasteiger partial charge is 0.462 e. The van der Waals surface area contributed by atoms with Crippen molar-refractivity contribution in [3.63, 3.8) is 0 Å². The number of carbonyl (C=O) groups excluding carboxylic acids is 2. The summed E-state index contributed by atoms with van der Waals surface area (Å²) < 4.78 is 33.5. The van der Waals surface area contributed by atoms with E-state index in [0.29, 0.717) is 19.3 Å². The standard InChI is InChI=1S/C53H89O13P/c1-3-5-7-9-11-13-15-17-19-21-23-25-27-29-31-33-35-37-39-41-46(54)63-43-45(44-64-67(61,62)66-53-51(59)49(57)48(56)50(58)52(53)60)65-47(55)42-40-38-36-34-32-30-28-26-24-22-20-18-16-14-12-10-8-6-4-2/h6,8,12,14,17-20,24,26,30,32,36,38,45,48-53,56-60H,3-5,7,9-11,13,15-16,21-23,25,27-29,31,33-35,37,39-44H2,1-2H3,(H,61,62)/b8-6+,14-12+,19-17+,20-18+,26-24+,32-30+,38-36+/t45-,48?,49-,50?,51?,52?,53?/m0/s1. The predicted molar refractivity (Wildman–Crippen MR) is 267 cm³/mol. The molecule has 1 rings (SSSR count). The van der Waals surface area contributed by atoms with Gasteiger partial charge in [-0.3, -0.25) is 18.6 Å². The van der Waals surface area contributed by atoms with Gasteiger partial charge in [-0.2, -0.15) is 0 Å². The van der Waals surface area contributed by atoms with Crippen LogP contribution in [0, 0.1) is 0 Å². The molecule has 6 N–H and O–H groups in total. The van der Waals surface area contributed by atoms with Crippen molar-refractivity contribution in [3.8, 4) is 0 Å². The first-order valence-electron chi connectivity index (χ1n) is 25.4. The lowest BCUT2D eigenvalue weighted by atomic mass is 9.85. The maximum atomic E-state index is 12.8. The van der Waals surface area contributed by atoms with Crippen molar-refractivity contribution in [2.75, 3.05) is 13.2 Å². The highest BCUT2D eigenvalue weighted by Crippen LogP contribution is 2.47. The Hall–Kier alpha value is -2.97. The van der Waals surface area contributed by atoms with Crippen LogP contribution in [0.3, 0.4) is 0 Å². The van der Waals surface area contributed by atoms with Gasteiger partial charge < -0.3 is 39.9 Å². The molecule has 0 amide bonds. The zero-order valence-corrected chi connectivity index (χ0v) is 41.8. The largest absolute Gasteiger partial charge is 0.472 e. The predicted octanol–water partition coefficient (Wildman–Crippen LogP) is 10.8. The van der Waals surface area contributed by atoms with Gasteiger partial charge in [0, 0.05) is 12.8 Å². The number of hydrogen-bond acceptors (Lipinski definition) is 12. The van der Waals surface area contributed by atoms with Crippen LogP contribution in [-0.4, -0.2) is 98.3 Å². The fraction of sp³-hybridized carbons (Fsp3) is 0.698. The third-order valence-corrected chi connectivity index (χ3v) is 12.2. The topological polar surface area (TPSA) is 210 Å². The van der Waals surface area contributed by atoms with Gasteiger partial charge in [-0.1, -0.05) is 176 Å². The summed E-state index contributed by atoms with van der Waals surface area (Å²) in [4.78, 5) is 35.8. The quantitative estimate of drug-likeness (QED) is 0.0146. The minimum Gasteiger partial charge on any atom is -0.462 e. The molecule has 13 nitrogen and oxygen atoms in total. The molecule has 0 bridgehead atoms. The number of unbranched alkanes of at least 4 members (excludes halogenated alkanes) is 15. The first kappa shape index (κ1) is 62.0. The molecular weight excluding hydrogens is 876 g/mol. The molecule has 1 aliphatic carbocycles. The minimum atomic E-state index is -5.15. The van der Waals surface area contributed by atoms with E-state index in [9.17, 15) is 44.6 Å². The van der Waals surface area contributed by atoms with Crippen LogP contribution >= 0.6 is 7.82 Å². The van der Waals surface area contributed by atoms with Gasteiger partial charge in [-0.15, -0.1) is 0 Å². The van der Waals surface area contributed by atoms with Crippen molar-refractivity contribution in [3.05, 3.63) is 85.1 Å². The van der Waals surface area contributed by atoms with Crippen molar-refractivity contribution >= 4 is 19.8 Å². The lowest BCUT2D eigenvalue weighted by Crippen LogP contribution is -2.64. The number of ether oxygens (including phenoxy) is 2. The molecular formula is C53H89O13P. The van der Waals surface area contributed by atoms with E-state index in [1.165, 1.54) is 70.6 Å². The maximum Gasteiger partial charge on any atom is 0.472 e. The highest BCUT2D eigenvalue weighted by atomic mass is 31.2. The van der Waals surface area contributed by atoms with E-state index < -0.39 is 75.7 Å². The van der Waals surface area contributed by atoms with E-state index in [2.05, 4.69) is 80.7 Å². The van der Waals surface area contributed by atoms with Crippen molar-refractivity contribution < 1.29 is 63.1 Å². The van der Waals surface area contributed by atoms with E-state index in [1.807, 2.05) is 18.2 Å². The molecule has 1 aliphatic rings. The molecule has 0 heterocycles. The Bertz CT molecular complexity index is 1490. The number of phosphoric acid groups is 1. The van der Waals surface area contributed by atoms with Gasteiger partial charge in [0.1, 0.15) is 43.2 Å². The molecule has 0 spiro atoms. The number of aliphatic hydroxyl groups is 5. The summed E-state index contributed by atoms with van der Waals surface area (Å²) in [7, 11) is -5.15. The lowest BCUT2D eigenvalue weighted by Gasteiger charge is -2.41. The van der Waals surface area contributed by atoms with Gasteiger partial charge in [0.15, 0.2) is 6.10 Å². The molecule has 67 heavy (non-hydrogen) atoms. The molecule has 0 aliphatic heterocycles. The number of esters is 2. The van der Waals surface area contributed by atoms with Gasteiger partial charge in [0.05, 0.1) is 6.61 Å². The maximum absolute atomic E-state index is 12.8. The number of hydrogen-bond donors (Lipinski definition) is 6. The highest BCUT2D eigenvalue weighted by Gasteiger charge is 2.51. The second-order valence-electron chi connectivity index (χ2n) is 17.3. The summed E-state index contributed by atoms with van der Waals surface area (Å²) in [6, 6.07) is 0. The number of aliphatic hydroxyl groups excluding tert-OH is 5. The minimum absolute atomic E-state index is 0.0326. The Morgan fingerprint density at radius 1 is 0.478 bits per heavy atom. The number of phosphoric ester groups is 1. The molecule has 6 unspecified atom stereocenters. The average Bonchev–Trinajstić information content (AvgIpc) is 3.31.